The summed E-state index contributed by atoms with van der Waals surface area (Å²) >= 11 is 0. The molecule has 40 heavy (non-hydrogen) atoms. The number of unbranched alkanes of at least 4 members (excludes halogenated alkanes) is 12. The molecular formula is C40H76. The molecule has 0 saturated heterocycles. The van der Waals surface area contributed by atoms with Crippen LogP contribution < -0.4 is 0 Å². The van der Waals surface area contributed by atoms with E-state index < -0.39 is 0 Å². The van der Waals surface area contributed by atoms with E-state index in [9.17, 15) is 0 Å². The number of rotatable bonds is 12. The average molecular weight is 557 g/mol. The average Bonchev–Trinajstić information content (AvgIpc) is 2.97. The van der Waals surface area contributed by atoms with Crippen LogP contribution in [-0.2, 0) is 0 Å². The van der Waals surface area contributed by atoms with E-state index >= 15 is 0 Å². The highest BCUT2D eigenvalue weighted by Crippen LogP contribution is 2.03. The van der Waals surface area contributed by atoms with Crippen LogP contribution in [0.5, 0.6) is 0 Å². The van der Waals surface area contributed by atoms with Gasteiger partial charge in [-0.2, -0.15) is 0 Å². The van der Waals surface area contributed by atoms with Crippen LogP contribution in [-0.4, -0.2) is 0 Å². The molecule has 2 rings (SSSR count). The highest BCUT2D eigenvalue weighted by Gasteiger charge is 1.84. The van der Waals surface area contributed by atoms with E-state index in [4.69, 9.17) is 0 Å². The van der Waals surface area contributed by atoms with Gasteiger partial charge < -0.3 is 0 Å². The smallest absolute Gasteiger partial charge is 0.0395 e. The molecule has 0 atom stereocenters. The Labute approximate surface area is 256 Å². The van der Waals surface area contributed by atoms with Crippen molar-refractivity contribution in [2.24, 2.45) is 0 Å². The number of hydrogen-bond acceptors (Lipinski definition) is 0. The monoisotopic (exact) mass is 557 g/mol. The summed E-state index contributed by atoms with van der Waals surface area (Å²) in [6, 6.07) is 16.7. The molecule has 0 aromatic heterocycles. The Bertz CT molecular complexity index is 536. The third-order valence-electron chi connectivity index (χ3n) is 6.68. The molecule has 0 saturated carbocycles. The summed E-state index contributed by atoms with van der Waals surface area (Å²) < 4.78 is 0. The van der Waals surface area contributed by atoms with Crippen LogP contribution in [0.3, 0.4) is 0 Å². The first kappa shape index (κ1) is 45.4. The molecule has 236 valence electrons. The van der Waals surface area contributed by atoms with Gasteiger partial charge in [0, 0.05) is 0 Å². The van der Waals surface area contributed by atoms with E-state index in [-0.39, 0.29) is 0 Å². The van der Waals surface area contributed by atoms with Crippen LogP contribution in [0.25, 0.3) is 0 Å². The lowest BCUT2D eigenvalue weighted by Crippen LogP contribution is -1.74. The van der Waals surface area contributed by atoms with Crippen LogP contribution in [0.2, 0.25) is 0 Å². The second-order valence-corrected chi connectivity index (χ2v) is 11.0. The van der Waals surface area contributed by atoms with Crippen molar-refractivity contribution in [2.45, 2.75) is 186 Å². The molecule has 2 aromatic rings. The molecule has 0 N–H and O–H groups in total. The third kappa shape index (κ3) is 43.5. The van der Waals surface area contributed by atoms with Gasteiger partial charge in [-0.25, -0.2) is 0 Å². The SMILES string of the molecule is CCCCCC.CCCCCC.CCCCCC.CCCCCC.Cc1ccccc1C.Cc1ccccc1C. The summed E-state index contributed by atoms with van der Waals surface area (Å²) in [6.07, 6.45) is 22.1. The fraction of sp³-hybridized carbons (Fsp3) is 0.700. The fourth-order valence-electron chi connectivity index (χ4n) is 3.33. The van der Waals surface area contributed by atoms with Crippen molar-refractivity contribution in [3.8, 4) is 0 Å². The molecule has 2 aromatic carbocycles. The molecule has 0 fully saturated rings. The summed E-state index contributed by atoms with van der Waals surface area (Å²) in [5.74, 6) is 0. The van der Waals surface area contributed by atoms with Crippen LogP contribution in [0.4, 0.5) is 0 Å². The first-order valence-corrected chi connectivity index (χ1v) is 17.3. The van der Waals surface area contributed by atoms with Gasteiger partial charge in [-0.3, -0.25) is 0 Å². The molecule has 0 aliphatic rings. The van der Waals surface area contributed by atoms with E-state index in [0.29, 0.717) is 0 Å². The predicted octanol–water partition coefficient (Wildman–Crippen LogP) is 15.0. The molecule has 0 nitrogen and oxygen atoms in total. The van der Waals surface area contributed by atoms with E-state index in [1.807, 2.05) is 0 Å². The molecular weight excluding hydrogens is 480 g/mol. The molecule has 0 spiro atoms. The summed E-state index contributed by atoms with van der Waals surface area (Å²) in [5, 5.41) is 0. The topological polar surface area (TPSA) is 0 Å². The molecule has 0 aliphatic carbocycles. The van der Waals surface area contributed by atoms with Crippen molar-refractivity contribution >= 4 is 0 Å². The van der Waals surface area contributed by atoms with Crippen LogP contribution >= 0.6 is 0 Å². The van der Waals surface area contributed by atoms with Crippen molar-refractivity contribution in [1.29, 1.82) is 0 Å². The van der Waals surface area contributed by atoms with Crippen molar-refractivity contribution in [3.05, 3.63) is 70.8 Å². The molecule has 0 amide bonds. The van der Waals surface area contributed by atoms with Crippen molar-refractivity contribution in [2.75, 3.05) is 0 Å². The van der Waals surface area contributed by atoms with Gasteiger partial charge in [-0.1, -0.05) is 207 Å². The molecule has 0 unspecified atom stereocenters. The predicted molar refractivity (Wildman–Crippen MR) is 191 cm³/mol. The highest BCUT2D eigenvalue weighted by atomic mass is 13.9. The van der Waals surface area contributed by atoms with Gasteiger partial charge in [0.1, 0.15) is 0 Å². The van der Waals surface area contributed by atoms with Gasteiger partial charge in [-0.05, 0) is 49.9 Å². The number of hydrogen-bond donors (Lipinski definition) is 0. The number of benzene rings is 2. The minimum atomic E-state index is 1.36. The van der Waals surface area contributed by atoms with Gasteiger partial charge in [0.2, 0.25) is 0 Å². The Morgan fingerprint density at radius 1 is 0.275 bits per heavy atom. The molecule has 0 heterocycles. The van der Waals surface area contributed by atoms with Gasteiger partial charge in [-0.15, -0.1) is 0 Å². The minimum absolute atomic E-state index is 1.36. The van der Waals surface area contributed by atoms with Crippen molar-refractivity contribution in [3.63, 3.8) is 0 Å². The van der Waals surface area contributed by atoms with E-state index in [1.165, 1.54) is 125 Å². The maximum atomic E-state index is 2.23. The maximum Gasteiger partial charge on any atom is -0.0395 e. The summed E-state index contributed by atoms with van der Waals surface area (Å²) in [6.45, 7) is 26.3. The van der Waals surface area contributed by atoms with Gasteiger partial charge in [0.15, 0.2) is 0 Å². The van der Waals surface area contributed by atoms with Crippen molar-refractivity contribution < 1.29 is 0 Å². The first-order valence-electron chi connectivity index (χ1n) is 17.3. The molecule has 0 bridgehead atoms. The van der Waals surface area contributed by atoms with Crippen LogP contribution in [0.15, 0.2) is 48.5 Å². The molecule has 0 aliphatic heterocycles. The lowest BCUT2D eigenvalue weighted by atomic mass is 10.1. The standard InChI is InChI=1S/2C8H10.4C6H14/c2*1-7-5-3-4-6-8(7)2;4*1-3-5-6-4-2/h2*3-6H,1-2H3;4*3-6H2,1-2H3. The quantitative estimate of drug-likeness (QED) is 0.228. The highest BCUT2D eigenvalue weighted by molar-refractivity contribution is 5.24. The number of aryl methyl sites for hydroxylation is 4. The van der Waals surface area contributed by atoms with Crippen LogP contribution in [0, 0.1) is 27.7 Å². The largest absolute Gasteiger partial charge is 0.0654 e. The van der Waals surface area contributed by atoms with E-state index in [0.717, 1.165) is 0 Å². The molecule has 0 heteroatoms. The minimum Gasteiger partial charge on any atom is -0.0654 e. The zero-order chi connectivity index (χ0) is 31.3. The zero-order valence-corrected chi connectivity index (χ0v) is 29.9. The Hall–Kier alpha value is -1.56. The van der Waals surface area contributed by atoms with Gasteiger partial charge in [0.25, 0.3) is 0 Å². The van der Waals surface area contributed by atoms with Gasteiger partial charge in [0.05, 0.1) is 0 Å². The maximum absolute atomic E-state index is 2.23. The third-order valence-corrected chi connectivity index (χ3v) is 6.68. The second-order valence-electron chi connectivity index (χ2n) is 11.0. The zero-order valence-electron chi connectivity index (χ0n) is 29.9. The lowest BCUT2D eigenvalue weighted by molar-refractivity contribution is 0.702. The summed E-state index contributed by atoms with van der Waals surface area (Å²) in [7, 11) is 0. The van der Waals surface area contributed by atoms with Crippen molar-refractivity contribution in [1.82, 2.24) is 0 Å². The summed E-state index contributed by atoms with van der Waals surface area (Å²) in [5.41, 5.74) is 5.47. The first-order chi connectivity index (χ1) is 19.3. The van der Waals surface area contributed by atoms with E-state index in [1.54, 1.807) is 0 Å². The fourth-order valence-corrected chi connectivity index (χ4v) is 3.33. The Balaban J connectivity index is -0.000000196. The second kappa shape index (κ2) is 41.9. The normalized spacial score (nSPS) is 9.10. The Morgan fingerprint density at radius 3 is 0.475 bits per heavy atom. The Morgan fingerprint density at radius 2 is 0.400 bits per heavy atom. The lowest BCUT2D eigenvalue weighted by Gasteiger charge is -1.93. The van der Waals surface area contributed by atoms with Crippen LogP contribution in [0.1, 0.15) is 180 Å². The van der Waals surface area contributed by atoms with Gasteiger partial charge >= 0.3 is 0 Å². The summed E-state index contributed by atoms with van der Waals surface area (Å²) in [4.78, 5) is 0. The molecule has 0 radical (unpaired) electrons. The van der Waals surface area contributed by atoms with E-state index in [2.05, 4.69) is 132 Å². The Kier molecular flexibility index (Phi) is 47.6.